The summed E-state index contributed by atoms with van der Waals surface area (Å²) in [7, 11) is 0. The number of benzene rings is 3. The SMILES string of the molecule is N#Cc1ccc(CSCC(=O)NCc2cccc(COCc3ccccc3)c2)cc1. The highest BCUT2D eigenvalue weighted by atomic mass is 32.2. The molecule has 0 aliphatic rings. The van der Waals surface area contributed by atoms with Gasteiger partial charge in [-0.3, -0.25) is 4.79 Å². The highest BCUT2D eigenvalue weighted by Crippen LogP contribution is 2.13. The van der Waals surface area contributed by atoms with Crippen LogP contribution in [0, 0.1) is 11.3 Å². The van der Waals surface area contributed by atoms with Crippen LogP contribution in [0.5, 0.6) is 0 Å². The summed E-state index contributed by atoms with van der Waals surface area (Å²) in [6.07, 6.45) is 0. The Balaban J connectivity index is 1.36. The normalized spacial score (nSPS) is 10.4. The molecule has 0 bridgehead atoms. The summed E-state index contributed by atoms with van der Waals surface area (Å²) in [5.41, 5.74) is 5.05. The van der Waals surface area contributed by atoms with Crippen molar-refractivity contribution in [3.05, 3.63) is 107 Å². The van der Waals surface area contributed by atoms with Crippen LogP contribution in [-0.4, -0.2) is 11.7 Å². The maximum atomic E-state index is 12.1. The first-order valence-electron chi connectivity index (χ1n) is 9.76. The third-order valence-corrected chi connectivity index (χ3v) is 5.45. The molecular formula is C25H24N2O2S. The number of hydrogen-bond donors (Lipinski definition) is 1. The lowest BCUT2D eigenvalue weighted by Crippen LogP contribution is -2.24. The van der Waals surface area contributed by atoms with Crippen LogP contribution in [-0.2, 0) is 35.0 Å². The number of nitrogens with zero attached hydrogens (tertiary/aromatic N) is 1. The Hall–Kier alpha value is -3.07. The molecule has 0 saturated carbocycles. The Morgan fingerprint density at radius 2 is 1.57 bits per heavy atom. The molecule has 0 atom stereocenters. The van der Waals surface area contributed by atoms with Crippen LogP contribution in [0.25, 0.3) is 0 Å². The number of amides is 1. The van der Waals surface area contributed by atoms with Crippen molar-refractivity contribution in [3.63, 3.8) is 0 Å². The first-order valence-corrected chi connectivity index (χ1v) is 10.9. The van der Waals surface area contributed by atoms with E-state index in [1.165, 1.54) is 0 Å². The van der Waals surface area contributed by atoms with Crippen LogP contribution < -0.4 is 5.32 Å². The second-order valence-electron chi connectivity index (χ2n) is 6.88. The second kappa shape index (κ2) is 11.8. The van der Waals surface area contributed by atoms with Gasteiger partial charge in [0.05, 0.1) is 30.6 Å². The van der Waals surface area contributed by atoms with Crippen molar-refractivity contribution in [2.45, 2.75) is 25.5 Å². The molecule has 0 radical (unpaired) electrons. The van der Waals surface area contributed by atoms with Crippen LogP contribution >= 0.6 is 11.8 Å². The van der Waals surface area contributed by atoms with E-state index in [-0.39, 0.29) is 5.91 Å². The van der Waals surface area contributed by atoms with Gasteiger partial charge in [0.15, 0.2) is 0 Å². The van der Waals surface area contributed by atoms with Gasteiger partial charge in [-0.15, -0.1) is 11.8 Å². The molecule has 0 saturated heterocycles. The molecule has 30 heavy (non-hydrogen) atoms. The summed E-state index contributed by atoms with van der Waals surface area (Å²) in [6, 6.07) is 27.7. The summed E-state index contributed by atoms with van der Waals surface area (Å²) in [4.78, 5) is 12.1. The average molecular weight is 417 g/mol. The minimum atomic E-state index is 0.0133. The Labute approximate surface area is 181 Å². The van der Waals surface area contributed by atoms with E-state index < -0.39 is 0 Å². The smallest absolute Gasteiger partial charge is 0.230 e. The highest BCUT2D eigenvalue weighted by molar-refractivity contribution is 7.99. The largest absolute Gasteiger partial charge is 0.372 e. The fourth-order valence-corrected chi connectivity index (χ4v) is 3.70. The molecular weight excluding hydrogens is 392 g/mol. The van der Waals surface area contributed by atoms with Gasteiger partial charge in [0.1, 0.15) is 0 Å². The predicted octanol–water partition coefficient (Wildman–Crippen LogP) is 4.82. The fourth-order valence-electron chi connectivity index (χ4n) is 2.88. The third kappa shape index (κ3) is 7.40. The first-order chi connectivity index (χ1) is 14.7. The van der Waals surface area contributed by atoms with Crippen molar-refractivity contribution in [1.82, 2.24) is 5.32 Å². The number of carbonyl (C=O) groups excluding carboxylic acids is 1. The summed E-state index contributed by atoms with van der Waals surface area (Å²) in [5, 5.41) is 11.8. The molecule has 1 amide bonds. The topological polar surface area (TPSA) is 62.1 Å². The fraction of sp³-hybridized carbons (Fsp3) is 0.200. The van der Waals surface area contributed by atoms with Crippen molar-refractivity contribution in [2.24, 2.45) is 0 Å². The van der Waals surface area contributed by atoms with Gasteiger partial charge in [-0.05, 0) is 34.4 Å². The van der Waals surface area contributed by atoms with Gasteiger partial charge in [-0.1, -0.05) is 66.7 Å². The summed E-state index contributed by atoms with van der Waals surface area (Å²) in [5.74, 6) is 1.16. The number of carbonyl (C=O) groups is 1. The van der Waals surface area contributed by atoms with E-state index in [0.717, 1.165) is 28.0 Å². The monoisotopic (exact) mass is 416 g/mol. The number of hydrogen-bond acceptors (Lipinski definition) is 4. The Morgan fingerprint density at radius 3 is 2.33 bits per heavy atom. The minimum absolute atomic E-state index is 0.0133. The maximum absolute atomic E-state index is 12.1. The Bertz CT molecular complexity index is 982. The van der Waals surface area contributed by atoms with Gasteiger partial charge in [-0.25, -0.2) is 0 Å². The molecule has 0 heterocycles. The van der Waals surface area contributed by atoms with E-state index >= 15 is 0 Å². The van der Waals surface area contributed by atoms with Crippen LogP contribution in [0.1, 0.15) is 27.8 Å². The predicted molar refractivity (Wildman–Crippen MR) is 121 cm³/mol. The molecule has 4 nitrogen and oxygen atoms in total. The van der Waals surface area contributed by atoms with Crippen molar-refractivity contribution in [2.75, 3.05) is 5.75 Å². The molecule has 0 unspecified atom stereocenters. The van der Waals surface area contributed by atoms with E-state index in [1.54, 1.807) is 23.9 Å². The first kappa shape index (κ1) is 21.6. The van der Waals surface area contributed by atoms with Gasteiger partial charge in [0.25, 0.3) is 0 Å². The molecule has 0 aliphatic heterocycles. The lowest BCUT2D eigenvalue weighted by molar-refractivity contribution is -0.118. The zero-order chi connectivity index (χ0) is 21.0. The van der Waals surface area contributed by atoms with Gasteiger partial charge in [0.2, 0.25) is 5.91 Å². The van der Waals surface area contributed by atoms with Crippen LogP contribution in [0.4, 0.5) is 0 Å². The third-order valence-electron chi connectivity index (χ3n) is 4.45. The van der Waals surface area contributed by atoms with Crippen molar-refractivity contribution >= 4 is 17.7 Å². The number of ether oxygens (including phenoxy) is 1. The molecule has 5 heteroatoms. The van der Waals surface area contributed by atoms with Crippen molar-refractivity contribution in [1.29, 1.82) is 5.26 Å². The van der Waals surface area contributed by atoms with Crippen LogP contribution in [0.3, 0.4) is 0 Å². The lowest BCUT2D eigenvalue weighted by Gasteiger charge is -2.09. The van der Waals surface area contributed by atoms with Gasteiger partial charge < -0.3 is 10.1 Å². The molecule has 1 N–H and O–H groups in total. The van der Waals surface area contributed by atoms with E-state index in [2.05, 4.69) is 17.5 Å². The number of thioether (sulfide) groups is 1. The molecule has 3 rings (SSSR count). The number of nitrogens with one attached hydrogen (secondary N) is 1. The highest BCUT2D eigenvalue weighted by Gasteiger charge is 2.04. The number of nitriles is 1. The van der Waals surface area contributed by atoms with E-state index in [4.69, 9.17) is 10.00 Å². The Morgan fingerprint density at radius 1 is 0.867 bits per heavy atom. The molecule has 152 valence electrons. The van der Waals surface area contributed by atoms with E-state index in [0.29, 0.717) is 31.1 Å². The molecule has 0 aliphatic carbocycles. The average Bonchev–Trinajstić information content (AvgIpc) is 2.79. The molecule has 3 aromatic rings. The summed E-state index contributed by atoms with van der Waals surface area (Å²) < 4.78 is 5.79. The van der Waals surface area contributed by atoms with Crippen molar-refractivity contribution < 1.29 is 9.53 Å². The lowest BCUT2D eigenvalue weighted by atomic mass is 10.1. The molecule has 0 fully saturated rings. The second-order valence-corrected chi connectivity index (χ2v) is 7.86. The molecule has 3 aromatic carbocycles. The van der Waals surface area contributed by atoms with Crippen LogP contribution in [0.15, 0.2) is 78.9 Å². The van der Waals surface area contributed by atoms with E-state index in [9.17, 15) is 4.79 Å². The quantitative estimate of drug-likeness (QED) is 0.514. The Kier molecular flexibility index (Phi) is 8.52. The molecule has 0 spiro atoms. The standard InChI is InChI=1S/C25H24N2O2S/c26-14-20-9-11-22(12-10-20)18-30-19-25(28)27-15-23-7-4-8-24(13-23)17-29-16-21-5-2-1-3-6-21/h1-13H,15-19H2,(H,27,28). The van der Waals surface area contributed by atoms with E-state index in [1.807, 2.05) is 60.7 Å². The van der Waals surface area contributed by atoms with Gasteiger partial charge >= 0.3 is 0 Å². The summed E-state index contributed by atoms with van der Waals surface area (Å²) >= 11 is 1.56. The van der Waals surface area contributed by atoms with Gasteiger partial charge in [-0.2, -0.15) is 5.26 Å². The van der Waals surface area contributed by atoms with Crippen molar-refractivity contribution in [3.8, 4) is 6.07 Å². The number of rotatable bonds is 10. The minimum Gasteiger partial charge on any atom is -0.372 e. The zero-order valence-electron chi connectivity index (χ0n) is 16.7. The molecule has 0 aromatic heterocycles. The van der Waals surface area contributed by atoms with Crippen LogP contribution in [0.2, 0.25) is 0 Å². The maximum Gasteiger partial charge on any atom is 0.230 e. The zero-order valence-corrected chi connectivity index (χ0v) is 17.5. The van der Waals surface area contributed by atoms with Gasteiger partial charge in [0, 0.05) is 12.3 Å². The summed E-state index contributed by atoms with van der Waals surface area (Å²) in [6.45, 7) is 1.62.